The third-order valence-electron chi connectivity index (χ3n) is 7.91. The average molecular weight is 717 g/mol. The number of amides is 2. The van der Waals surface area contributed by atoms with E-state index in [1.807, 2.05) is 24.3 Å². The average Bonchev–Trinajstić information content (AvgIpc) is 3.45. The zero-order valence-corrected chi connectivity index (χ0v) is 29.4. The van der Waals surface area contributed by atoms with Crippen molar-refractivity contribution in [3.63, 3.8) is 0 Å². The number of nitrogens with one attached hydrogen (secondary N) is 2. The van der Waals surface area contributed by atoms with Crippen LogP contribution in [0, 0.1) is 0 Å². The van der Waals surface area contributed by atoms with E-state index in [0.29, 0.717) is 59.3 Å². The Bertz CT molecular complexity index is 1290. The van der Waals surface area contributed by atoms with Gasteiger partial charge in [0.05, 0.1) is 66.1 Å². The zero-order chi connectivity index (χ0) is 36.5. The molecule has 0 saturated heterocycles. The molecule has 1 aliphatic carbocycles. The molecule has 3 rings (SSSR count). The van der Waals surface area contributed by atoms with Gasteiger partial charge in [-0.05, 0) is 35.1 Å². The minimum atomic E-state index is -1.07. The van der Waals surface area contributed by atoms with Crippen LogP contribution in [-0.4, -0.2) is 128 Å². The van der Waals surface area contributed by atoms with Crippen molar-refractivity contribution in [2.75, 3.05) is 92.9 Å². The molecule has 0 heterocycles. The molecule has 282 valence electrons. The summed E-state index contributed by atoms with van der Waals surface area (Å²) >= 11 is 0. The van der Waals surface area contributed by atoms with Gasteiger partial charge in [-0.2, -0.15) is 0 Å². The number of esters is 1. The Morgan fingerprint density at radius 3 is 1.84 bits per heavy atom. The van der Waals surface area contributed by atoms with Gasteiger partial charge in [0.15, 0.2) is 0 Å². The lowest BCUT2D eigenvalue weighted by atomic mass is 9.98. The summed E-state index contributed by atoms with van der Waals surface area (Å²) in [5.74, 6) is -2.26. The van der Waals surface area contributed by atoms with Gasteiger partial charge in [0.25, 0.3) is 0 Å². The highest BCUT2D eigenvalue weighted by Crippen LogP contribution is 2.44. The number of carbonyl (C=O) groups excluding carboxylic acids is 3. The molecule has 2 aromatic rings. The monoisotopic (exact) mass is 716 g/mol. The Morgan fingerprint density at radius 2 is 1.24 bits per heavy atom. The van der Waals surface area contributed by atoms with E-state index in [1.54, 1.807) is 7.11 Å². The summed E-state index contributed by atoms with van der Waals surface area (Å²) in [7, 11) is 1.60. The van der Waals surface area contributed by atoms with E-state index < -0.39 is 23.8 Å². The molecular formula is C37H52N2O12. The summed E-state index contributed by atoms with van der Waals surface area (Å²) in [5.41, 5.74) is 4.70. The molecule has 0 bridgehead atoms. The second-order valence-electron chi connectivity index (χ2n) is 11.7. The Labute approximate surface area is 299 Å². The lowest BCUT2D eigenvalue weighted by molar-refractivity contribution is -0.144. The molecule has 0 radical (unpaired) electrons. The summed E-state index contributed by atoms with van der Waals surface area (Å²) in [6.45, 7) is 4.31. The molecule has 0 aliphatic heterocycles. The Balaban J connectivity index is 1.19. The van der Waals surface area contributed by atoms with Crippen molar-refractivity contribution >= 4 is 23.8 Å². The van der Waals surface area contributed by atoms with Gasteiger partial charge in [-0.1, -0.05) is 48.5 Å². The summed E-state index contributed by atoms with van der Waals surface area (Å²) in [6.07, 6.45) is 0.391. The van der Waals surface area contributed by atoms with Gasteiger partial charge < -0.3 is 48.9 Å². The van der Waals surface area contributed by atoms with Crippen LogP contribution in [0.3, 0.4) is 0 Å². The molecule has 0 fully saturated rings. The zero-order valence-electron chi connectivity index (χ0n) is 29.4. The molecular weight excluding hydrogens is 664 g/mol. The van der Waals surface area contributed by atoms with Crippen LogP contribution in [0.15, 0.2) is 48.5 Å². The maximum atomic E-state index is 12.6. The van der Waals surface area contributed by atoms with Gasteiger partial charge in [0.2, 0.25) is 11.8 Å². The Kier molecular flexibility index (Phi) is 20.4. The number of hydrogen-bond donors (Lipinski definition) is 3. The molecule has 14 heteroatoms. The number of hydrogen-bond acceptors (Lipinski definition) is 11. The standard InChI is InChI=1S/C37H52N2O12/c1-45-19-20-49-25-26-50-24-23-48-18-15-38-37(44)33(12-13-35(41)42)39-34(40)14-17-47-22-21-46-16-6-11-36(43)51-27-32-30-9-4-2-7-28(30)29-8-3-5-10-31(29)32/h2-5,7-10,32-33H,6,11-27H2,1H3,(H,38,44)(H,39,40)(H,41,42)/t33-/m0/s1. The van der Waals surface area contributed by atoms with Gasteiger partial charge in [-0.3, -0.25) is 19.2 Å². The van der Waals surface area contributed by atoms with Crippen LogP contribution in [0.4, 0.5) is 0 Å². The van der Waals surface area contributed by atoms with E-state index in [0.717, 1.165) is 0 Å². The summed E-state index contributed by atoms with van der Waals surface area (Å²) in [6, 6.07) is 15.4. The highest BCUT2D eigenvalue weighted by molar-refractivity contribution is 5.88. The predicted octanol–water partition coefficient (Wildman–Crippen LogP) is 2.71. The first kappa shape index (κ1) is 41.5. The van der Waals surface area contributed by atoms with E-state index in [2.05, 4.69) is 34.9 Å². The number of rotatable bonds is 29. The van der Waals surface area contributed by atoms with E-state index in [4.69, 9.17) is 38.3 Å². The lowest BCUT2D eigenvalue weighted by Crippen LogP contribution is -2.47. The van der Waals surface area contributed by atoms with Gasteiger partial charge in [-0.15, -0.1) is 0 Å². The first-order valence-corrected chi connectivity index (χ1v) is 17.4. The van der Waals surface area contributed by atoms with Crippen LogP contribution in [0.25, 0.3) is 11.1 Å². The molecule has 1 atom stereocenters. The SMILES string of the molecule is COCCOCCOCCOCCNC(=O)[C@H](CCC(=O)O)NC(=O)CCOCCOCCCC(=O)OCC1c2ccccc2-c2ccccc21. The molecule has 2 amide bonds. The molecule has 14 nitrogen and oxygen atoms in total. The van der Waals surface area contributed by atoms with Gasteiger partial charge >= 0.3 is 11.9 Å². The topological polar surface area (TPSA) is 177 Å². The fourth-order valence-electron chi connectivity index (χ4n) is 5.35. The number of ether oxygens (including phenoxy) is 7. The van der Waals surface area contributed by atoms with Gasteiger partial charge in [-0.25, -0.2) is 0 Å². The number of benzene rings is 2. The minimum Gasteiger partial charge on any atom is -0.481 e. The quantitative estimate of drug-likeness (QED) is 0.0830. The molecule has 1 aliphatic rings. The highest BCUT2D eigenvalue weighted by atomic mass is 16.6. The van der Waals surface area contributed by atoms with Crippen molar-refractivity contribution in [3.8, 4) is 11.1 Å². The van der Waals surface area contributed by atoms with Gasteiger partial charge in [0, 0.05) is 45.4 Å². The van der Waals surface area contributed by atoms with Crippen LogP contribution in [-0.2, 0) is 52.3 Å². The maximum absolute atomic E-state index is 12.6. The number of aliphatic carboxylic acids is 1. The molecule has 51 heavy (non-hydrogen) atoms. The third-order valence-corrected chi connectivity index (χ3v) is 7.91. The fraction of sp³-hybridized carbons (Fsp3) is 0.568. The van der Waals surface area contributed by atoms with Crippen LogP contribution >= 0.6 is 0 Å². The minimum absolute atomic E-state index is 0.0147. The smallest absolute Gasteiger partial charge is 0.305 e. The van der Waals surface area contributed by atoms with Gasteiger partial charge in [0.1, 0.15) is 12.6 Å². The Morgan fingerprint density at radius 1 is 0.686 bits per heavy atom. The van der Waals surface area contributed by atoms with Crippen LogP contribution in [0.5, 0.6) is 0 Å². The van der Waals surface area contributed by atoms with E-state index in [9.17, 15) is 19.2 Å². The van der Waals surface area contributed by atoms with Crippen molar-refractivity contribution in [2.45, 2.75) is 44.1 Å². The third kappa shape index (κ3) is 16.3. The lowest BCUT2D eigenvalue weighted by Gasteiger charge is -2.18. The summed E-state index contributed by atoms with van der Waals surface area (Å²) in [4.78, 5) is 48.5. The van der Waals surface area contributed by atoms with Crippen molar-refractivity contribution in [2.24, 2.45) is 0 Å². The molecule has 2 aromatic carbocycles. The first-order chi connectivity index (χ1) is 24.9. The second kappa shape index (κ2) is 25.1. The maximum Gasteiger partial charge on any atom is 0.305 e. The molecule has 0 aromatic heterocycles. The highest BCUT2D eigenvalue weighted by Gasteiger charge is 2.29. The van der Waals surface area contributed by atoms with Crippen LogP contribution < -0.4 is 10.6 Å². The summed E-state index contributed by atoms with van der Waals surface area (Å²) in [5, 5.41) is 14.3. The van der Waals surface area contributed by atoms with Crippen LogP contribution in [0.1, 0.15) is 49.1 Å². The fourth-order valence-corrected chi connectivity index (χ4v) is 5.35. The number of carboxylic acids is 1. The predicted molar refractivity (Wildman–Crippen MR) is 186 cm³/mol. The summed E-state index contributed by atoms with van der Waals surface area (Å²) < 4.78 is 37.6. The van der Waals surface area contributed by atoms with E-state index >= 15 is 0 Å². The van der Waals surface area contributed by atoms with Crippen LogP contribution in [0.2, 0.25) is 0 Å². The number of carboxylic acid groups (broad SMARTS) is 1. The molecule has 0 unspecified atom stereocenters. The number of fused-ring (bicyclic) bond motifs is 3. The Hall–Kier alpha value is -3.92. The largest absolute Gasteiger partial charge is 0.481 e. The molecule has 0 saturated carbocycles. The first-order valence-electron chi connectivity index (χ1n) is 17.4. The van der Waals surface area contributed by atoms with Crippen molar-refractivity contribution < 1.29 is 57.4 Å². The van der Waals surface area contributed by atoms with E-state index in [-0.39, 0.29) is 70.5 Å². The molecule has 0 spiro atoms. The van der Waals surface area contributed by atoms with Crippen molar-refractivity contribution in [3.05, 3.63) is 59.7 Å². The normalized spacial score (nSPS) is 12.6. The van der Waals surface area contributed by atoms with Crippen molar-refractivity contribution in [1.82, 2.24) is 10.6 Å². The number of methoxy groups -OCH3 is 1. The second-order valence-corrected chi connectivity index (χ2v) is 11.7. The van der Waals surface area contributed by atoms with Crippen molar-refractivity contribution in [1.29, 1.82) is 0 Å². The molecule has 3 N–H and O–H groups in total. The number of carbonyl (C=O) groups is 4. The van der Waals surface area contributed by atoms with E-state index in [1.165, 1.54) is 22.3 Å².